The molecule has 2 aromatic rings. The highest BCUT2D eigenvalue weighted by Crippen LogP contribution is 2.39. The maximum absolute atomic E-state index is 14.2. The molecule has 0 aromatic heterocycles. The first-order chi connectivity index (χ1) is 12.4. The lowest BCUT2D eigenvalue weighted by Crippen LogP contribution is -2.39. The number of rotatable bonds is 4. The predicted octanol–water partition coefficient (Wildman–Crippen LogP) is 5.17. The Hall–Kier alpha value is -2.42. The third-order valence-electron chi connectivity index (χ3n) is 3.54. The molecule has 10 heteroatoms. The Bertz CT molecular complexity index is 901. The lowest BCUT2D eigenvalue weighted by molar-refractivity contribution is -0.156. The van der Waals surface area contributed by atoms with Gasteiger partial charge in [0, 0.05) is 5.56 Å². The summed E-state index contributed by atoms with van der Waals surface area (Å²) in [6, 6.07) is 1.18. The van der Waals surface area contributed by atoms with Crippen LogP contribution < -0.4 is 4.74 Å². The molecular weight excluding hydrogens is 402 g/mol. The van der Waals surface area contributed by atoms with Crippen molar-refractivity contribution in [3.63, 3.8) is 0 Å². The average Bonchev–Trinajstić information content (AvgIpc) is 2.61. The van der Waals surface area contributed by atoms with E-state index in [9.17, 15) is 31.1 Å². The minimum atomic E-state index is -2.38. The molecule has 2 rings (SSSR count). The Labute approximate surface area is 154 Å². The first-order valence-electron chi connectivity index (χ1n) is 7.20. The standard InChI is InChI=1S/C17H11ClF6O3/c1-17(2,16(25)26-3)27-9-4-6(8(19)5-7(9)18)10-11(20)13(22)15(24)14(23)12(10)21/h4-5H,1-3H3. The van der Waals surface area contributed by atoms with E-state index in [1.165, 1.54) is 13.8 Å². The number of ether oxygens (including phenoxy) is 2. The monoisotopic (exact) mass is 412 g/mol. The molecule has 0 spiro atoms. The maximum Gasteiger partial charge on any atom is 0.349 e. The van der Waals surface area contributed by atoms with Gasteiger partial charge < -0.3 is 9.47 Å². The largest absolute Gasteiger partial charge is 0.475 e. The zero-order valence-electron chi connectivity index (χ0n) is 14.0. The molecule has 146 valence electrons. The van der Waals surface area contributed by atoms with E-state index in [2.05, 4.69) is 4.74 Å². The SMILES string of the molecule is COC(=O)C(C)(C)Oc1cc(-c2c(F)c(F)c(F)c(F)c2F)c(F)cc1Cl. The molecule has 0 saturated heterocycles. The third-order valence-corrected chi connectivity index (χ3v) is 3.84. The van der Waals surface area contributed by atoms with Gasteiger partial charge in [0.05, 0.1) is 17.7 Å². The lowest BCUT2D eigenvalue weighted by Gasteiger charge is -2.24. The van der Waals surface area contributed by atoms with E-state index in [0.717, 1.165) is 7.11 Å². The summed E-state index contributed by atoms with van der Waals surface area (Å²) < 4.78 is 92.0. The molecule has 0 aliphatic rings. The topological polar surface area (TPSA) is 35.5 Å². The second-order valence-corrected chi connectivity index (χ2v) is 6.22. The van der Waals surface area contributed by atoms with Crippen LogP contribution in [0, 0.1) is 34.9 Å². The van der Waals surface area contributed by atoms with Crippen LogP contribution >= 0.6 is 11.6 Å². The molecule has 0 saturated carbocycles. The van der Waals surface area contributed by atoms with Gasteiger partial charge in [0.1, 0.15) is 11.6 Å². The average molecular weight is 413 g/mol. The molecule has 27 heavy (non-hydrogen) atoms. The van der Waals surface area contributed by atoms with E-state index in [4.69, 9.17) is 16.3 Å². The van der Waals surface area contributed by atoms with Crippen LogP contribution in [-0.2, 0) is 9.53 Å². The second kappa shape index (κ2) is 7.30. The first-order valence-corrected chi connectivity index (χ1v) is 7.58. The molecule has 2 aromatic carbocycles. The van der Waals surface area contributed by atoms with E-state index in [1.54, 1.807) is 0 Å². The fraction of sp³-hybridized carbons (Fsp3) is 0.235. The van der Waals surface area contributed by atoms with Crippen molar-refractivity contribution in [2.75, 3.05) is 7.11 Å². The van der Waals surface area contributed by atoms with Crippen molar-refractivity contribution in [1.82, 2.24) is 0 Å². The van der Waals surface area contributed by atoms with Gasteiger partial charge in [-0.15, -0.1) is 0 Å². The highest BCUT2D eigenvalue weighted by molar-refractivity contribution is 6.32. The van der Waals surface area contributed by atoms with Gasteiger partial charge in [-0.25, -0.2) is 31.1 Å². The van der Waals surface area contributed by atoms with Crippen molar-refractivity contribution < 1.29 is 40.6 Å². The number of halogens is 7. The van der Waals surface area contributed by atoms with Crippen LogP contribution in [0.3, 0.4) is 0 Å². The molecule has 0 unspecified atom stereocenters. The number of esters is 1. The Kier molecular flexibility index (Phi) is 5.65. The summed E-state index contributed by atoms with van der Waals surface area (Å²) in [4.78, 5) is 11.7. The van der Waals surface area contributed by atoms with Crippen molar-refractivity contribution in [3.8, 4) is 16.9 Å². The minimum Gasteiger partial charge on any atom is -0.475 e. The third kappa shape index (κ3) is 3.69. The number of carbonyl (C=O) groups is 1. The molecule has 0 N–H and O–H groups in total. The van der Waals surface area contributed by atoms with E-state index in [0.29, 0.717) is 12.1 Å². The van der Waals surface area contributed by atoms with E-state index in [-0.39, 0.29) is 0 Å². The normalized spacial score (nSPS) is 11.5. The summed E-state index contributed by atoms with van der Waals surface area (Å²) in [5, 5.41) is -0.405. The minimum absolute atomic E-state index is 0.405. The van der Waals surface area contributed by atoms with Crippen molar-refractivity contribution in [3.05, 3.63) is 52.1 Å². The zero-order chi connectivity index (χ0) is 20.7. The van der Waals surface area contributed by atoms with Crippen LogP contribution in [0.25, 0.3) is 11.1 Å². The first kappa shape index (κ1) is 20.9. The highest BCUT2D eigenvalue weighted by atomic mass is 35.5. The fourth-order valence-corrected chi connectivity index (χ4v) is 2.39. The molecule has 3 nitrogen and oxygen atoms in total. The molecule has 0 heterocycles. The van der Waals surface area contributed by atoms with Crippen molar-refractivity contribution in [2.45, 2.75) is 19.4 Å². The fourth-order valence-electron chi connectivity index (χ4n) is 2.20. The van der Waals surface area contributed by atoms with Gasteiger partial charge in [-0.3, -0.25) is 0 Å². The van der Waals surface area contributed by atoms with Gasteiger partial charge in [0.15, 0.2) is 28.9 Å². The predicted molar refractivity (Wildman–Crippen MR) is 83.4 cm³/mol. The number of hydrogen-bond acceptors (Lipinski definition) is 3. The van der Waals surface area contributed by atoms with Crippen LogP contribution in [0.5, 0.6) is 5.75 Å². The molecule has 0 radical (unpaired) electrons. The summed E-state index contributed by atoms with van der Waals surface area (Å²) in [6.07, 6.45) is 0. The molecule has 0 aliphatic carbocycles. The highest BCUT2D eigenvalue weighted by Gasteiger charge is 2.33. The Morgan fingerprint density at radius 3 is 1.89 bits per heavy atom. The summed E-state index contributed by atoms with van der Waals surface area (Å²) >= 11 is 5.80. The van der Waals surface area contributed by atoms with Crippen molar-refractivity contribution in [1.29, 1.82) is 0 Å². The smallest absolute Gasteiger partial charge is 0.349 e. The number of carbonyl (C=O) groups excluding carboxylic acids is 1. The van der Waals surface area contributed by atoms with Crippen LogP contribution in [0.15, 0.2) is 12.1 Å². The molecular formula is C17H11ClF6O3. The Morgan fingerprint density at radius 1 is 0.926 bits per heavy atom. The van der Waals surface area contributed by atoms with Gasteiger partial charge in [-0.05, 0) is 26.0 Å². The summed E-state index contributed by atoms with van der Waals surface area (Å²) in [5.74, 6) is -14.0. The van der Waals surface area contributed by atoms with Gasteiger partial charge in [0.25, 0.3) is 0 Å². The zero-order valence-corrected chi connectivity index (χ0v) is 14.8. The summed E-state index contributed by atoms with van der Waals surface area (Å²) in [7, 11) is 1.07. The quantitative estimate of drug-likeness (QED) is 0.301. The van der Waals surface area contributed by atoms with Crippen molar-refractivity contribution >= 4 is 17.6 Å². The van der Waals surface area contributed by atoms with Gasteiger partial charge in [-0.2, -0.15) is 0 Å². The van der Waals surface area contributed by atoms with Gasteiger partial charge in [0.2, 0.25) is 5.82 Å². The molecule has 0 atom stereocenters. The number of benzene rings is 2. The Balaban J connectivity index is 2.70. The molecule has 0 amide bonds. The van der Waals surface area contributed by atoms with Crippen molar-refractivity contribution in [2.24, 2.45) is 0 Å². The van der Waals surface area contributed by atoms with Crippen LogP contribution in [0.2, 0.25) is 5.02 Å². The number of hydrogen-bond donors (Lipinski definition) is 0. The van der Waals surface area contributed by atoms with E-state index >= 15 is 0 Å². The Morgan fingerprint density at radius 2 is 1.41 bits per heavy atom. The molecule has 0 aliphatic heterocycles. The molecule has 0 fully saturated rings. The second-order valence-electron chi connectivity index (χ2n) is 5.81. The van der Waals surface area contributed by atoms with E-state index < -0.39 is 68.4 Å². The summed E-state index contributed by atoms with van der Waals surface area (Å²) in [6.45, 7) is 2.52. The van der Waals surface area contributed by atoms with Crippen LogP contribution in [-0.4, -0.2) is 18.7 Å². The maximum atomic E-state index is 14.2. The summed E-state index contributed by atoms with van der Waals surface area (Å²) in [5.41, 5.74) is -4.15. The van der Waals surface area contributed by atoms with E-state index in [1.807, 2.05) is 0 Å². The number of methoxy groups -OCH3 is 1. The van der Waals surface area contributed by atoms with Gasteiger partial charge >= 0.3 is 5.97 Å². The van der Waals surface area contributed by atoms with Gasteiger partial charge in [-0.1, -0.05) is 11.6 Å². The van der Waals surface area contributed by atoms with Crippen LogP contribution in [0.1, 0.15) is 13.8 Å². The van der Waals surface area contributed by atoms with Crippen LogP contribution in [0.4, 0.5) is 26.3 Å². The lowest BCUT2D eigenvalue weighted by atomic mass is 10.0. The molecule has 0 bridgehead atoms.